The van der Waals surface area contributed by atoms with Crippen molar-refractivity contribution in [3.8, 4) is 0 Å². The molecule has 0 aliphatic heterocycles. The molecule has 0 atom stereocenters. The highest BCUT2D eigenvalue weighted by molar-refractivity contribution is 7.89. The minimum atomic E-state index is -3.49. The molecule has 1 saturated carbocycles. The Balaban J connectivity index is 2.23. The number of nitrogens with one attached hydrogen (secondary N) is 2. The second kappa shape index (κ2) is 5.87. The van der Waals surface area contributed by atoms with E-state index in [9.17, 15) is 8.42 Å². The first kappa shape index (κ1) is 15.5. The summed E-state index contributed by atoms with van der Waals surface area (Å²) in [4.78, 5) is 0.309. The fourth-order valence-corrected chi connectivity index (χ4v) is 3.75. The zero-order chi connectivity index (χ0) is 14.9. The van der Waals surface area contributed by atoms with Crippen LogP contribution >= 0.6 is 0 Å². The summed E-state index contributed by atoms with van der Waals surface area (Å²) < 4.78 is 33.2. The van der Waals surface area contributed by atoms with Crippen molar-refractivity contribution in [3.63, 3.8) is 0 Å². The quantitative estimate of drug-likeness (QED) is 0.809. The normalized spacial score (nSPS) is 16.1. The van der Waals surface area contributed by atoms with E-state index < -0.39 is 10.0 Å². The van der Waals surface area contributed by atoms with E-state index in [4.69, 9.17) is 4.42 Å². The molecule has 0 unspecified atom stereocenters. The van der Waals surface area contributed by atoms with Gasteiger partial charge in [-0.05, 0) is 32.6 Å². The molecule has 0 saturated heterocycles. The zero-order valence-corrected chi connectivity index (χ0v) is 13.4. The molecule has 0 aromatic carbocycles. The molecular formula is C14H24N2O3S. The van der Waals surface area contributed by atoms with Gasteiger partial charge in [0.25, 0.3) is 0 Å². The lowest BCUT2D eigenvalue weighted by atomic mass is 10.2. The summed E-state index contributed by atoms with van der Waals surface area (Å²) in [7, 11) is -3.49. The zero-order valence-electron chi connectivity index (χ0n) is 12.6. The highest BCUT2D eigenvalue weighted by atomic mass is 32.2. The van der Waals surface area contributed by atoms with Crippen LogP contribution in [0.4, 0.5) is 0 Å². The van der Waals surface area contributed by atoms with E-state index >= 15 is 0 Å². The molecule has 2 rings (SSSR count). The van der Waals surface area contributed by atoms with Crippen LogP contribution in [0.5, 0.6) is 0 Å². The predicted octanol–water partition coefficient (Wildman–Crippen LogP) is 2.08. The fourth-order valence-electron chi connectivity index (χ4n) is 2.19. The maximum Gasteiger partial charge on any atom is 0.244 e. The maximum atomic E-state index is 12.5. The lowest BCUT2D eigenvalue weighted by molar-refractivity contribution is 0.491. The third-order valence-corrected chi connectivity index (χ3v) is 5.16. The van der Waals surface area contributed by atoms with Crippen molar-refractivity contribution in [2.45, 2.75) is 58.0 Å². The van der Waals surface area contributed by atoms with Gasteiger partial charge in [0, 0.05) is 24.7 Å². The second-order valence-electron chi connectivity index (χ2n) is 5.85. The summed E-state index contributed by atoms with van der Waals surface area (Å²) in [6.07, 6.45) is 2.24. The van der Waals surface area contributed by atoms with Gasteiger partial charge in [-0.1, -0.05) is 13.8 Å². The van der Waals surface area contributed by atoms with Crippen molar-refractivity contribution in [1.29, 1.82) is 0 Å². The number of furan rings is 1. The summed E-state index contributed by atoms with van der Waals surface area (Å²) in [5.74, 6) is 1.64. The van der Waals surface area contributed by atoms with Gasteiger partial charge >= 0.3 is 0 Å². The molecule has 0 amide bonds. The minimum absolute atomic E-state index is 0.291. The van der Waals surface area contributed by atoms with Crippen LogP contribution < -0.4 is 10.0 Å². The Bertz CT molecular complexity index is 571. The average molecular weight is 300 g/mol. The summed E-state index contributed by atoms with van der Waals surface area (Å²) in [5.41, 5.74) is 0.736. The van der Waals surface area contributed by atoms with E-state index in [1.807, 2.05) is 20.8 Å². The van der Waals surface area contributed by atoms with Gasteiger partial charge in [0.2, 0.25) is 10.0 Å². The van der Waals surface area contributed by atoms with Crippen molar-refractivity contribution in [3.05, 3.63) is 17.1 Å². The van der Waals surface area contributed by atoms with Crippen LogP contribution in [0.1, 0.15) is 43.8 Å². The van der Waals surface area contributed by atoms with Crippen LogP contribution in [-0.4, -0.2) is 21.0 Å². The smallest absolute Gasteiger partial charge is 0.244 e. The highest BCUT2D eigenvalue weighted by Crippen LogP contribution is 2.30. The largest absolute Gasteiger partial charge is 0.465 e. The van der Waals surface area contributed by atoms with Gasteiger partial charge in [-0.2, -0.15) is 0 Å². The first-order valence-electron chi connectivity index (χ1n) is 7.13. The second-order valence-corrected chi connectivity index (χ2v) is 7.56. The third-order valence-electron chi connectivity index (χ3n) is 3.54. The van der Waals surface area contributed by atoms with E-state index in [-0.39, 0.29) is 0 Å². The van der Waals surface area contributed by atoms with Gasteiger partial charge in [-0.3, -0.25) is 0 Å². The molecule has 0 bridgehead atoms. The molecule has 0 spiro atoms. The first-order chi connectivity index (χ1) is 9.31. The molecule has 1 aromatic heterocycles. The van der Waals surface area contributed by atoms with Crippen LogP contribution in [0.15, 0.2) is 9.31 Å². The number of aryl methyl sites for hydroxylation is 2. The molecule has 1 heterocycles. The van der Waals surface area contributed by atoms with E-state index in [0.717, 1.165) is 18.4 Å². The summed E-state index contributed by atoms with van der Waals surface area (Å²) >= 11 is 0. The van der Waals surface area contributed by atoms with E-state index in [1.165, 1.54) is 0 Å². The van der Waals surface area contributed by atoms with Gasteiger partial charge in [0.15, 0.2) is 0 Å². The summed E-state index contributed by atoms with van der Waals surface area (Å²) in [5, 5.41) is 3.25. The molecule has 1 fully saturated rings. The van der Waals surface area contributed by atoms with Crippen molar-refractivity contribution in [1.82, 2.24) is 10.0 Å². The molecule has 0 radical (unpaired) electrons. The number of hydrogen-bond donors (Lipinski definition) is 2. The van der Waals surface area contributed by atoms with Crippen molar-refractivity contribution < 1.29 is 12.8 Å². The Morgan fingerprint density at radius 1 is 1.25 bits per heavy atom. The molecule has 1 aliphatic rings. The number of rotatable bonds is 7. The van der Waals surface area contributed by atoms with Gasteiger partial charge in [0.1, 0.15) is 16.4 Å². The van der Waals surface area contributed by atoms with Crippen LogP contribution in [0.25, 0.3) is 0 Å². The Labute approximate surface area is 121 Å². The molecule has 114 valence electrons. The van der Waals surface area contributed by atoms with Crippen molar-refractivity contribution in [2.75, 3.05) is 6.54 Å². The molecule has 5 nitrogen and oxygen atoms in total. The predicted molar refractivity (Wildman–Crippen MR) is 78.1 cm³/mol. The lowest BCUT2D eigenvalue weighted by Crippen LogP contribution is -2.28. The van der Waals surface area contributed by atoms with Crippen LogP contribution in [0, 0.1) is 19.8 Å². The third kappa shape index (κ3) is 3.62. The Kier molecular flexibility index (Phi) is 4.56. The summed E-state index contributed by atoms with van der Waals surface area (Å²) in [6, 6.07) is 0.291. The Morgan fingerprint density at radius 2 is 1.90 bits per heavy atom. The molecule has 20 heavy (non-hydrogen) atoms. The Morgan fingerprint density at radius 3 is 2.45 bits per heavy atom. The van der Waals surface area contributed by atoms with Crippen LogP contribution in [-0.2, 0) is 16.6 Å². The van der Waals surface area contributed by atoms with Gasteiger partial charge < -0.3 is 9.73 Å². The van der Waals surface area contributed by atoms with E-state index in [1.54, 1.807) is 6.92 Å². The minimum Gasteiger partial charge on any atom is -0.465 e. The molecule has 6 heteroatoms. The van der Waals surface area contributed by atoms with E-state index in [2.05, 4.69) is 10.0 Å². The monoisotopic (exact) mass is 300 g/mol. The highest BCUT2D eigenvalue weighted by Gasteiger charge is 2.29. The molecule has 1 aromatic rings. The standard InChI is InChI=1S/C14H24N2O3S/c1-9(2)15-8-13-10(3)19-11(4)14(13)20(17,18)16-7-12-5-6-12/h9,12,15-16H,5-8H2,1-4H3. The van der Waals surface area contributed by atoms with Crippen LogP contribution in [0.2, 0.25) is 0 Å². The molecule has 2 N–H and O–H groups in total. The number of sulfonamides is 1. The summed E-state index contributed by atoms with van der Waals surface area (Å²) in [6.45, 7) is 8.61. The average Bonchev–Trinajstić information content (AvgIpc) is 3.10. The first-order valence-corrected chi connectivity index (χ1v) is 8.61. The fraction of sp³-hybridized carbons (Fsp3) is 0.714. The molecule has 1 aliphatic carbocycles. The van der Waals surface area contributed by atoms with E-state index in [0.29, 0.717) is 41.5 Å². The Hall–Kier alpha value is -0.850. The number of hydrogen-bond acceptors (Lipinski definition) is 4. The topological polar surface area (TPSA) is 71.3 Å². The lowest BCUT2D eigenvalue weighted by Gasteiger charge is -2.11. The van der Waals surface area contributed by atoms with Crippen LogP contribution in [0.3, 0.4) is 0 Å². The molecular weight excluding hydrogens is 276 g/mol. The van der Waals surface area contributed by atoms with Gasteiger partial charge in [-0.25, -0.2) is 13.1 Å². The van der Waals surface area contributed by atoms with Crippen molar-refractivity contribution in [2.24, 2.45) is 5.92 Å². The van der Waals surface area contributed by atoms with Gasteiger partial charge in [0.05, 0.1) is 0 Å². The van der Waals surface area contributed by atoms with Gasteiger partial charge in [-0.15, -0.1) is 0 Å². The SMILES string of the molecule is Cc1oc(C)c(S(=O)(=O)NCC2CC2)c1CNC(C)C. The maximum absolute atomic E-state index is 12.5. The van der Waals surface area contributed by atoms with Crippen molar-refractivity contribution >= 4 is 10.0 Å².